The number of ether oxygens (including phenoxy) is 2. The Hall–Kier alpha value is -1.39. The van der Waals surface area contributed by atoms with E-state index in [-0.39, 0.29) is 12.0 Å². The summed E-state index contributed by atoms with van der Waals surface area (Å²) in [5.41, 5.74) is 2.87. The summed E-state index contributed by atoms with van der Waals surface area (Å²) in [6, 6.07) is 6.54. The average Bonchev–Trinajstić information content (AvgIpc) is 2.96. The number of rotatable bonds is 6. The van der Waals surface area contributed by atoms with Crippen molar-refractivity contribution in [1.82, 2.24) is 0 Å². The van der Waals surface area contributed by atoms with Crippen molar-refractivity contribution in [2.24, 2.45) is 17.3 Å². The topological polar surface area (TPSA) is 55.8 Å². The lowest BCUT2D eigenvalue weighted by Gasteiger charge is -2.48. The molecule has 0 bridgehead atoms. The lowest BCUT2D eigenvalue weighted by Crippen LogP contribution is -2.42. The molecule has 1 aromatic carbocycles. The minimum absolute atomic E-state index is 0.0453. The number of hydrogen-bond donors (Lipinski definition) is 1. The van der Waals surface area contributed by atoms with E-state index in [1.165, 1.54) is 17.5 Å². The van der Waals surface area contributed by atoms with Gasteiger partial charge in [0.1, 0.15) is 18.1 Å². The van der Waals surface area contributed by atoms with E-state index in [9.17, 15) is 4.79 Å². The van der Waals surface area contributed by atoms with Crippen LogP contribution in [0.4, 0.5) is 0 Å². The van der Waals surface area contributed by atoms with Gasteiger partial charge in [-0.3, -0.25) is 4.79 Å². The smallest absolute Gasteiger partial charge is 0.139 e. The van der Waals surface area contributed by atoms with Crippen LogP contribution >= 0.6 is 0 Å². The van der Waals surface area contributed by atoms with Crippen LogP contribution in [0, 0.1) is 17.3 Å². The van der Waals surface area contributed by atoms with Crippen LogP contribution in [-0.4, -0.2) is 37.3 Å². The summed E-state index contributed by atoms with van der Waals surface area (Å²) in [6.45, 7) is 3.64. The van der Waals surface area contributed by atoms with Crippen LogP contribution < -0.4 is 4.74 Å². The zero-order valence-corrected chi connectivity index (χ0v) is 15.7. The van der Waals surface area contributed by atoms with Crippen LogP contribution in [0.1, 0.15) is 56.1 Å². The van der Waals surface area contributed by atoms with Gasteiger partial charge in [0.2, 0.25) is 0 Å². The molecule has 0 heterocycles. The van der Waals surface area contributed by atoms with Crippen molar-refractivity contribution in [3.05, 3.63) is 29.3 Å². The van der Waals surface area contributed by atoms with Crippen molar-refractivity contribution in [2.45, 2.75) is 51.4 Å². The van der Waals surface area contributed by atoms with E-state index in [1.54, 1.807) is 0 Å². The Balaban J connectivity index is 1.45. The SMILES string of the molecule is C[C@]12CC[C@@H]3c4ccc(OCCOCCO)cc4CC[C@H]3[C@@H]1CCC2=O. The number of carbonyl (C=O) groups is 1. The second-order valence-corrected chi connectivity index (χ2v) is 8.38. The number of ketones is 1. The minimum atomic E-state index is -0.0453. The van der Waals surface area contributed by atoms with Crippen LogP contribution in [0.2, 0.25) is 0 Å². The molecule has 0 radical (unpaired) electrons. The zero-order valence-electron chi connectivity index (χ0n) is 15.7. The van der Waals surface area contributed by atoms with Gasteiger partial charge in [0.25, 0.3) is 0 Å². The molecule has 0 unspecified atom stereocenters. The number of hydrogen-bond acceptors (Lipinski definition) is 4. The number of carbonyl (C=O) groups excluding carboxylic acids is 1. The number of benzene rings is 1. The predicted octanol–water partition coefficient (Wildman–Crippen LogP) is 3.50. The molecule has 0 aliphatic heterocycles. The summed E-state index contributed by atoms with van der Waals surface area (Å²) in [5.74, 6) is 3.29. The molecule has 4 nitrogen and oxygen atoms in total. The van der Waals surface area contributed by atoms with E-state index in [0.717, 1.165) is 37.9 Å². The summed E-state index contributed by atoms with van der Waals surface area (Å²) >= 11 is 0. The second kappa shape index (κ2) is 7.32. The summed E-state index contributed by atoms with van der Waals surface area (Å²) in [5, 5.41) is 8.71. The van der Waals surface area contributed by atoms with Gasteiger partial charge in [0.15, 0.2) is 0 Å². The first-order valence-corrected chi connectivity index (χ1v) is 10.1. The highest BCUT2D eigenvalue weighted by molar-refractivity contribution is 5.87. The molecule has 0 spiro atoms. The van der Waals surface area contributed by atoms with Crippen molar-refractivity contribution < 1.29 is 19.4 Å². The lowest BCUT2D eigenvalue weighted by molar-refractivity contribution is -0.129. The van der Waals surface area contributed by atoms with E-state index in [4.69, 9.17) is 14.6 Å². The monoisotopic (exact) mass is 358 g/mol. The minimum Gasteiger partial charge on any atom is -0.491 e. The van der Waals surface area contributed by atoms with Gasteiger partial charge in [-0.2, -0.15) is 0 Å². The Labute approximate surface area is 155 Å². The molecule has 4 rings (SSSR count). The van der Waals surface area contributed by atoms with Crippen molar-refractivity contribution in [1.29, 1.82) is 0 Å². The highest BCUT2D eigenvalue weighted by Gasteiger charge is 2.54. The molecule has 0 amide bonds. The molecule has 2 saturated carbocycles. The summed E-state index contributed by atoms with van der Waals surface area (Å²) in [4.78, 5) is 12.4. The van der Waals surface area contributed by atoms with Crippen molar-refractivity contribution in [3.63, 3.8) is 0 Å². The second-order valence-electron chi connectivity index (χ2n) is 8.38. The third kappa shape index (κ3) is 3.07. The van der Waals surface area contributed by atoms with E-state index in [0.29, 0.717) is 43.4 Å². The third-order valence-corrected chi connectivity index (χ3v) is 7.14. The van der Waals surface area contributed by atoms with Crippen molar-refractivity contribution >= 4 is 5.78 Å². The molecule has 0 aromatic heterocycles. The van der Waals surface area contributed by atoms with E-state index in [2.05, 4.69) is 25.1 Å². The highest BCUT2D eigenvalue weighted by atomic mass is 16.5. The molecule has 3 aliphatic rings. The zero-order chi connectivity index (χ0) is 18.1. The fourth-order valence-corrected chi connectivity index (χ4v) is 5.80. The Morgan fingerprint density at radius 3 is 2.88 bits per heavy atom. The highest BCUT2D eigenvalue weighted by Crippen LogP contribution is 2.59. The van der Waals surface area contributed by atoms with Gasteiger partial charge >= 0.3 is 0 Å². The van der Waals surface area contributed by atoms with Crippen LogP contribution in [0.5, 0.6) is 5.75 Å². The average molecular weight is 358 g/mol. The van der Waals surface area contributed by atoms with E-state index < -0.39 is 0 Å². The molecule has 1 N–H and O–H groups in total. The molecule has 26 heavy (non-hydrogen) atoms. The predicted molar refractivity (Wildman–Crippen MR) is 99.5 cm³/mol. The number of aryl methyl sites for hydroxylation is 1. The molecular formula is C22H30O4. The Kier molecular flexibility index (Phi) is 5.07. The number of aliphatic hydroxyl groups excluding tert-OH is 1. The fourth-order valence-electron chi connectivity index (χ4n) is 5.80. The molecular weight excluding hydrogens is 328 g/mol. The quantitative estimate of drug-likeness (QED) is 0.791. The molecule has 0 saturated heterocycles. The van der Waals surface area contributed by atoms with Crippen LogP contribution in [0.3, 0.4) is 0 Å². The normalized spacial score (nSPS) is 32.7. The van der Waals surface area contributed by atoms with Gasteiger partial charge in [-0.1, -0.05) is 13.0 Å². The fraction of sp³-hybridized carbons (Fsp3) is 0.682. The van der Waals surface area contributed by atoms with E-state index in [1.807, 2.05) is 0 Å². The number of aliphatic hydroxyl groups is 1. The van der Waals surface area contributed by atoms with Crippen LogP contribution in [0.15, 0.2) is 18.2 Å². The largest absolute Gasteiger partial charge is 0.491 e. The molecule has 142 valence electrons. The standard InChI is InChI=1S/C22H30O4/c1-22-9-8-18-17-5-3-16(26-13-12-25-11-10-23)14-15(17)2-4-19(18)20(22)6-7-21(22)24/h3,5,14,18-20,23H,2,4,6-13H2,1H3/t18-,19-,20+,22+/m1/s1. The summed E-state index contributed by atoms with van der Waals surface area (Å²) in [6.07, 6.45) is 6.39. The molecule has 2 fully saturated rings. The maximum absolute atomic E-state index is 12.4. The van der Waals surface area contributed by atoms with Gasteiger partial charge in [-0.25, -0.2) is 0 Å². The maximum Gasteiger partial charge on any atom is 0.139 e. The van der Waals surface area contributed by atoms with Gasteiger partial charge < -0.3 is 14.6 Å². The maximum atomic E-state index is 12.4. The number of fused-ring (bicyclic) bond motifs is 5. The Bertz CT molecular complexity index is 670. The van der Waals surface area contributed by atoms with Gasteiger partial charge in [-0.15, -0.1) is 0 Å². The van der Waals surface area contributed by atoms with E-state index >= 15 is 0 Å². The van der Waals surface area contributed by atoms with Gasteiger partial charge in [-0.05, 0) is 73.1 Å². The van der Waals surface area contributed by atoms with Gasteiger partial charge in [0, 0.05) is 11.8 Å². The van der Waals surface area contributed by atoms with Crippen molar-refractivity contribution in [2.75, 3.05) is 26.4 Å². The number of Topliss-reactive ketones (excluding diaryl/α,β-unsaturated/α-hetero) is 1. The first kappa shape index (κ1) is 18.0. The molecule has 4 heteroatoms. The van der Waals surface area contributed by atoms with Gasteiger partial charge in [0.05, 0.1) is 19.8 Å². The first-order chi connectivity index (χ1) is 12.6. The van der Waals surface area contributed by atoms with Crippen molar-refractivity contribution in [3.8, 4) is 5.75 Å². The summed E-state index contributed by atoms with van der Waals surface area (Å²) < 4.78 is 11.0. The third-order valence-electron chi connectivity index (χ3n) is 7.14. The van der Waals surface area contributed by atoms with Crippen LogP contribution in [-0.2, 0) is 16.0 Å². The molecule has 1 aromatic rings. The lowest BCUT2D eigenvalue weighted by atomic mass is 9.55. The summed E-state index contributed by atoms with van der Waals surface area (Å²) in [7, 11) is 0. The molecule has 3 aliphatic carbocycles. The first-order valence-electron chi connectivity index (χ1n) is 10.1. The Morgan fingerprint density at radius 1 is 1.15 bits per heavy atom. The van der Waals surface area contributed by atoms with Crippen LogP contribution in [0.25, 0.3) is 0 Å². The Morgan fingerprint density at radius 2 is 2.04 bits per heavy atom. The molecule has 4 atom stereocenters.